The molecule has 3 unspecified atom stereocenters. The smallest absolute Gasteiger partial charge is 0.410 e. The molecule has 4 bridgehead atoms. The zero-order valence-corrected chi connectivity index (χ0v) is 25.6. The second-order valence-electron chi connectivity index (χ2n) is 14.7. The van der Waals surface area contributed by atoms with E-state index >= 15 is 0 Å². The van der Waals surface area contributed by atoms with Crippen molar-refractivity contribution in [3.05, 3.63) is 24.3 Å². The van der Waals surface area contributed by atoms with Gasteiger partial charge in [-0.3, -0.25) is 14.6 Å². The van der Waals surface area contributed by atoms with Crippen LogP contribution in [0.3, 0.4) is 0 Å². The number of benzene rings is 1. The van der Waals surface area contributed by atoms with Gasteiger partial charge in [0.15, 0.2) is 0 Å². The van der Waals surface area contributed by atoms with Gasteiger partial charge in [-0.2, -0.15) is 0 Å². The maximum atomic E-state index is 13.4. The Morgan fingerprint density at radius 1 is 0.780 bits per heavy atom. The molecule has 2 aliphatic carbocycles. The third-order valence-corrected chi connectivity index (χ3v) is 10.5. The normalized spacial score (nSPS) is 34.0. The monoisotopic (exact) mass is 564 g/mol. The SMILES string of the molecule is CC(C)(C)OC(=O)N1CCCC1C(=O)Nc1ccccc1NC1C[C@H]2CCC[C@@H](C1)N2C1C[C@H]2CCCC[C@@H](C1)C2. The number of rotatable bonds is 5. The molecule has 2 N–H and O–H groups in total. The summed E-state index contributed by atoms with van der Waals surface area (Å²) in [5.41, 5.74) is 1.21. The molecule has 2 amide bonds. The zero-order valence-electron chi connectivity index (χ0n) is 25.6. The van der Waals surface area contributed by atoms with Gasteiger partial charge in [0.05, 0.1) is 11.4 Å². The summed E-state index contributed by atoms with van der Waals surface area (Å²) < 4.78 is 5.58. The lowest BCUT2D eigenvalue weighted by Gasteiger charge is -2.54. The van der Waals surface area contributed by atoms with Gasteiger partial charge < -0.3 is 15.4 Å². The Kier molecular flexibility index (Phi) is 8.54. The summed E-state index contributed by atoms with van der Waals surface area (Å²) >= 11 is 0. The predicted octanol–water partition coefficient (Wildman–Crippen LogP) is 7.18. The third kappa shape index (κ3) is 6.71. The van der Waals surface area contributed by atoms with Gasteiger partial charge in [-0.25, -0.2) is 4.79 Å². The molecule has 3 heterocycles. The van der Waals surface area contributed by atoms with E-state index in [1.807, 2.05) is 39.0 Å². The van der Waals surface area contributed by atoms with E-state index in [2.05, 4.69) is 21.6 Å². The van der Waals surface area contributed by atoms with Gasteiger partial charge in [0.2, 0.25) is 5.91 Å². The Bertz CT molecular complexity index is 1060. The van der Waals surface area contributed by atoms with Gasteiger partial charge >= 0.3 is 6.09 Å². The van der Waals surface area contributed by atoms with E-state index in [1.54, 1.807) is 4.90 Å². The highest BCUT2D eigenvalue weighted by Gasteiger charge is 2.44. The van der Waals surface area contributed by atoms with Crippen LogP contribution < -0.4 is 10.6 Å². The van der Waals surface area contributed by atoms with E-state index in [1.165, 1.54) is 77.0 Å². The summed E-state index contributed by atoms with van der Waals surface area (Å²) in [5.74, 6) is 1.78. The molecule has 0 aromatic heterocycles. The van der Waals surface area contributed by atoms with E-state index in [-0.39, 0.29) is 5.91 Å². The minimum Gasteiger partial charge on any atom is -0.444 e. The van der Waals surface area contributed by atoms with Gasteiger partial charge in [-0.05, 0) is 103 Å². The molecule has 3 aliphatic heterocycles. The summed E-state index contributed by atoms with van der Waals surface area (Å²) in [6.07, 6.45) is 17.6. The van der Waals surface area contributed by atoms with Crippen LogP contribution in [-0.4, -0.2) is 64.2 Å². The Morgan fingerprint density at radius 3 is 2.10 bits per heavy atom. The first kappa shape index (κ1) is 28.8. The number of nitrogens with one attached hydrogen (secondary N) is 2. The van der Waals surface area contributed by atoms with Gasteiger partial charge in [0.25, 0.3) is 0 Å². The number of carbonyl (C=O) groups excluding carboxylic acids is 2. The van der Waals surface area contributed by atoms with Crippen molar-refractivity contribution >= 4 is 23.4 Å². The molecule has 226 valence electrons. The summed E-state index contributed by atoms with van der Waals surface area (Å²) in [6.45, 7) is 6.13. The molecule has 41 heavy (non-hydrogen) atoms. The molecular weight excluding hydrogens is 512 g/mol. The van der Waals surface area contributed by atoms with Crippen LogP contribution in [0.25, 0.3) is 0 Å². The van der Waals surface area contributed by atoms with Crippen molar-refractivity contribution in [2.45, 2.75) is 146 Å². The Morgan fingerprint density at radius 2 is 1.44 bits per heavy atom. The number of para-hydroxylation sites is 2. The van der Waals surface area contributed by atoms with Crippen LogP contribution in [-0.2, 0) is 9.53 Å². The van der Waals surface area contributed by atoms with E-state index in [0.717, 1.165) is 35.7 Å². The quantitative estimate of drug-likeness (QED) is 0.396. The second-order valence-corrected chi connectivity index (χ2v) is 14.7. The van der Waals surface area contributed by atoms with Crippen LogP contribution in [0.5, 0.6) is 0 Å². The van der Waals surface area contributed by atoms with E-state index < -0.39 is 17.7 Å². The summed E-state index contributed by atoms with van der Waals surface area (Å²) in [6, 6.07) is 10.1. The fourth-order valence-electron chi connectivity index (χ4n) is 8.97. The lowest BCUT2D eigenvalue weighted by molar-refractivity contribution is -0.120. The Hall–Kier alpha value is -2.28. The number of piperidine rings is 2. The average molecular weight is 565 g/mol. The first-order valence-corrected chi connectivity index (χ1v) is 16.7. The molecule has 7 nitrogen and oxygen atoms in total. The molecule has 6 rings (SSSR count). The van der Waals surface area contributed by atoms with E-state index in [9.17, 15) is 9.59 Å². The van der Waals surface area contributed by atoms with Gasteiger partial charge in [-0.1, -0.05) is 44.2 Å². The van der Waals surface area contributed by atoms with Gasteiger partial charge in [0, 0.05) is 30.7 Å². The van der Waals surface area contributed by atoms with E-state index in [0.29, 0.717) is 31.1 Å². The van der Waals surface area contributed by atoms with Crippen molar-refractivity contribution < 1.29 is 14.3 Å². The number of anilines is 2. The first-order chi connectivity index (χ1) is 19.7. The minimum atomic E-state index is -0.583. The topological polar surface area (TPSA) is 73.9 Å². The number of likely N-dealkylation sites (tertiary alicyclic amines) is 1. The molecule has 3 saturated heterocycles. The molecule has 0 radical (unpaired) electrons. The molecule has 0 spiro atoms. The van der Waals surface area contributed by atoms with Crippen molar-refractivity contribution in [1.82, 2.24) is 9.80 Å². The lowest BCUT2D eigenvalue weighted by atomic mass is 9.73. The fraction of sp³-hybridized carbons (Fsp3) is 0.765. The Balaban J connectivity index is 1.10. The Labute approximate surface area is 247 Å². The van der Waals surface area contributed by atoms with Gasteiger partial charge in [-0.15, -0.1) is 0 Å². The summed E-state index contributed by atoms with van der Waals surface area (Å²) in [5, 5.41) is 7.03. The van der Waals surface area contributed by atoms with E-state index in [4.69, 9.17) is 4.74 Å². The average Bonchev–Trinajstić information content (AvgIpc) is 3.35. The molecule has 5 fully saturated rings. The van der Waals surface area contributed by atoms with Crippen molar-refractivity contribution in [2.24, 2.45) is 11.8 Å². The van der Waals surface area contributed by atoms with Crippen molar-refractivity contribution in [3.8, 4) is 0 Å². The zero-order chi connectivity index (χ0) is 28.6. The number of carbonyl (C=O) groups is 2. The molecular formula is C34H52N4O3. The van der Waals surface area contributed by atoms with Crippen LogP contribution in [0.4, 0.5) is 16.2 Å². The minimum absolute atomic E-state index is 0.131. The highest BCUT2D eigenvalue weighted by Crippen LogP contribution is 2.45. The standard InChI is InChI=1S/C34H52N4O3/c1-34(2,3)41-33(40)37-17-9-16-31(37)32(39)36-30-15-7-6-14-29(30)35-25-21-26-12-8-13-27(22-25)38(26)28-19-23-10-4-5-11-24(18-23)20-28/h6-7,14-15,23-28,31,35H,4-5,8-13,16-22H2,1-3H3,(H,36,39)/t23-,24+,25?,26-,27+,28?,31?. The van der Waals surface area contributed by atoms with Gasteiger partial charge in [0.1, 0.15) is 11.6 Å². The van der Waals surface area contributed by atoms with Crippen LogP contribution in [0.2, 0.25) is 0 Å². The lowest BCUT2D eigenvalue weighted by Crippen LogP contribution is -2.59. The van der Waals surface area contributed by atoms with Crippen molar-refractivity contribution in [2.75, 3.05) is 17.2 Å². The number of nitrogens with zero attached hydrogens (tertiary/aromatic N) is 2. The third-order valence-electron chi connectivity index (χ3n) is 10.5. The highest BCUT2D eigenvalue weighted by molar-refractivity contribution is 5.99. The van der Waals surface area contributed by atoms with Crippen LogP contribution in [0.15, 0.2) is 24.3 Å². The van der Waals surface area contributed by atoms with Crippen LogP contribution in [0.1, 0.15) is 111 Å². The maximum Gasteiger partial charge on any atom is 0.410 e. The second kappa shape index (κ2) is 12.1. The molecule has 2 saturated carbocycles. The van der Waals surface area contributed by atoms with Crippen LogP contribution >= 0.6 is 0 Å². The molecule has 5 aliphatic rings. The number of fused-ring (bicyclic) bond motifs is 4. The fourth-order valence-corrected chi connectivity index (χ4v) is 8.97. The van der Waals surface area contributed by atoms with Crippen molar-refractivity contribution in [1.29, 1.82) is 0 Å². The largest absolute Gasteiger partial charge is 0.444 e. The molecule has 7 heteroatoms. The molecule has 7 atom stereocenters. The predicted molar refractivity (Wildman–Crippen MR) is 164 cm³/mol. The summed E-state index contributed by atoms with van der Waals surface area (Å²) in [7, 11) is 0. The summed E-state index contributed by atoms with van der Waals surface area (Å²) in [4.78, 5) is 30.8. The number of hydrogen-bond acceptors (Lipinski definition) is 5. The van der Waals surface area contributed by atoms with Crippen LogP contribution in [0, 0.1) is 11.8 Å². The first-order valence-electron chi connectivity index (χ1n) is 16.7. The molecule has 1 aromatic rings. The highest BCUT2D eigenvalue weighted by atomic mass is 16.6. The number of hydrogen-bond donors (Lipinski definition) is 2. The van der Waals surface area contributed by atoms with Crippen molar-refractivity contribution in [3.63, 3.8) is 0 Å². The number of amides is 2. The molecule has 1 aromatic carbocycles. The number of ether oxygens (including phenoxy) is 1. The maximum absolute atomic E-state index is 13.4.